The van der Waals surface area contributed by atoms with Gasteiger partial charge in [-0.2, -0.15) is 0 Å². The molecule has 0 bridgehead atoms. The number of carboxylic acid groups (broad SMARTS) is 2. The first-order valence-corrected chi connectivity index (χ1v) is 7.73. The van der Waals surface area contributed by atoms with Gasteiger partial charge in [0.1, 0.15) is 0 Å². The van der Waals surface area contributed by atoms with Crippen LogP contribution >= 0.6 is 0 Å². The van der Waals surface area contributed by atoms with Crippen LogP contribution < -0.4 is 10.6 Å². The van der Waals surface area contributed by atoms with Crippen molar-refractivity contribution in [1.82, 2.24) is 10.3 Å². The van der Waals surface area contributed by atoms with Crippen molar-refractivity contribution in [2.45, 2.75) is 20.4 Å². The Morgan fingerprint density at radius 1 is 1.04 bits per heavy atom. The van der Waals surface area contributed by atoms with Gasteiger partial charge in [0.15, 0.2) is 0 Å². The van der Waals surface area contributed by atoms with Crippen LogP contribution in [0, 0.1) is 13.8 Å². The first-order chi connectivity index (χ1) is 12.3. The summed E-state index contributed by atoms with van der Waals surface area (Å²) in [5.74, 6) is -3.69. The number of amides is 1. The van der Waals surface area contributed by atoms with Gasteiger partial charge in [0, 0.05) is 24.6 Å². The van der Waals surface area contributed by atoms with Crippen molar-refractivity contribution >= 4 is 23.5 Å². The average Bonchev–Trinajstić information content (AvgIpc) is 2.60. The molecule has 8 nitrogen and oxygen atoms in total. The summed E-state index contributed by atoms with van der Waals surface area (Å²) in [6, 6.07) is 9.75. The quantitative estimate of drug-likeness (QED) is 0.597. The zero-order valence-corrected chi connectivity index (χ0v) is 14.5. The van der Waals surface area contributed by atoms with Gasteiger partial charge in [0.05, 0.1) is 6.54 Å². The number of pyridine rings is 1. The molecule has 8 heteroatoms. The van der Waals surface area contributed by atoms with Crippen molar-refractivity contribution < 1.29 is 24.6 Å². The highest BCUT2D eigenvalue weighted by Gasteiger charge is 2.05. The van der Waals surface area contributed by atoms with Gasteiger partial charge >= 0.3 is 11.9 Å². The number of rotatable bonds is 5. The minimum Gasteiger partial charge on any atom is -0.473 e. The van der Waals surface area contributed by atoms with E-state index < -0.39 is 11.9 Å². The lowest BCUT2D eigenvalue weighted by atomic mass is 10.1. The van der Waals surface area contributed by atoms with E-state index in [1.807, 2.05) is 44.2 Å². The molecule has 0 aliphatic carbocycles. The summed E-state index contributed by atoms with van der Waals surface area (Å²) in [6.07, 6.45) is 3.52. The van der Waals surface area contributed by atoms with Crippen molar-refractivity contribution in [1.29, 1.82) is 0 Å². The number of benzene rings is 1. The summed E-state index contributed by atoms with van der Waals surface area (Å²) in [6.45, 7) is 4.95. The molecule has 0 saturated carbocycles. The maximum absolute atomic E-state index is 11.9. The molecule has 1 aromatic carbocycles. The maximum Gasteiger partial charge on any atom is 0.414 e. The predicted octanol–water partition coefficient (Wildman–Crippen LogP) is 1.58. The van der Waals surface area contributed by atoms with Crippen LogP contribution in [-0.2, 0) is 20.9 Å². The number of carbonyl (C=O) groups is 3. The third kappa shape index (κ3) is 7.54. The van der Waals surface area contributed by atoms with E-state index >= 15 is 0 Å². The molecule has 0 aliphatic rings. The SMILES string of the molecule is Cc1cccc(NC(=O)CNCc2cccnc2)c1C.O=C(O)C(=O)O. The van der Waals surface area contributed by atoms with Gasteiger partial charge in [-0.25, -0.2) is 9.59 Å². The largest absolute Gasteiger partial charge is 0.473 e. The number of hydrogen-bond donors (Lipinski definition) is 4. The maximum atomic E-state index is 11.9. The smallest absolute Gasteiger partial charge is 0.414 e. The number of anilines is 1. The molecule has 2 rings (SSSR count). The normalized spacial score (nSPS) is 9.62. The molecule has 26 heavy (non-hydrogen) atoms. The third-order valence-electron chi connectivity index (χ3n) is 3.40. The molecular weight excluding hydrogens is 338 g/mol. The summed E-state index contributed by atoms with van der Waals surface area (Å²) in [5.41, 5.74) is 4.21. The molecule has 0 spiro atoms. The first-order valence-electron chi connectivity index (χ1n) is 7.73. The summed E-state index contributed by atoms with van der Waals surface area (Å²) in [7, 11) is 0. The number of aryl methyl sites for hydroxylation is 1. The van der Waals surface area contributed by atoms with Gasteiger partial charge in [-0.1, -0.05) is 18.2 Å². The first kappa shape index (κ1) is 20.8. The zero-order chi connectivity index (χ0) is 19.5. The molecule has 1 heterocycles. The molecule has 0 atom stereocenters. The summed E-state index contributed by atoms with van der Waals surface area (Å²) < 4.78 is 0. The Balaban J connectivity index is 0.000000487. The van der Waals surface area contributed by atoms with Gasteiger partial charge in [-0.3, -0.25) is 9.78 Å². The summed E-state index contributed by atoms with van der Waals surface area (Å²) in [5, 5.41) is 20.8. The minimum absolute atomic E-state index is 0.0393. The molecule has 2 aromatic rings. The molecule has 4 N–H and O–H groups in total. The fraction of sp³-hybridized carbons (Fsp3) is 0.222. The molecule has 0 unspecified atom stereocenters. The van der Waals surface area contributed by atoms with Crippen molar-refractivity contribution in [2.24, 2.45) is 0 Å². The van der Waals surface area contributed by atoms with Crippen LogP contribution in [0.1, 0.15) is 16.7 Å². The van der Waals surface area contributed by atoms with E-state index in [4.69, 9.17) is 19.8 Å². The van der Waals surface area contributed by atoms with Crippen molar-refractivity contribution in [3.63, 3.8) is 0 Å². The van der Waals surface area contributed by atoms with Crippen molar-refractivity contribution in [3.05, 3.63) is 59.4 Å². The van der Waals surface area contributed by atoms with Crippen LogP contribution in [-0.4, -0.2) is 39.6 Å². The topological polar surface area (TPSA) is 129 Å². The van der Waals surface area contributed by atoms with Crippen LogP contribution in [0.3, 0.4) is 0 Å². The summed E-state index contributed by atoms with van der Waals surface area (Å²) in [4.78, 5) is 34.1. The van der Waals surface area contributed by atoms with Crippen LogP contribution in [0.2, 0.25) is 0 Å². The number of nitrogens with one attached hydrogen (secondary N) is 2. The summed E-state index contributed by atoms with van der Waals surface area (Å²) >= 11 is 0. The van der Waals surface area contributed by atoms with Crippen molar-refractivity contribution in [2.75, 3.05) is 11.9 Å². The van der Waals surface area contributed by atoms with Crippen LogP contribution in [0.5, 0.6) is 0 Å². The van der Waals surface area contributed by atoms with E-state index in [1.165, 1.54) is 5.56 Å². The van der Waals surface area contributed by atoms with Crippen molar-refractivity contribution in [3.8, 4) is 0 Å². The number of aromatic nitrogens is 1. The van der Waals surface area contributed by atoms with Gasteiger partial charge in [-0.15, -0.1) is 0 Å². The fourth-order valence-electron chi connectivity index (χ4n) is 1.90. The monoisotopic (exact) mass is 359 g/mol. The number of carboxylic acids is 2. The standard InChI is InChI=1S/C16H19N3O.C2H2O4/c1-12-5-3-7-15(13(12)2)19-16(20)11-18-10-14-6-4-8-17-9-14;3-1(4)2(5)6/h3-9,18H,10-11H2,1-2H3,(H,19,20);(H,3,4)(H,5,6). The van der Waals surface area contributed by atoms with E-state index in [9.17, 15) is 4.79 Å². The van der Waals surface area contributed by atoms with E-state index in [1.54, 1.807) is 12.4 Å². The Hall–Kier alpha value is -3.26. The molecule has 0 fully saturated rings. The van der Waals surface area contributed by atoms with Crippen LogP contribution in [0.4, 0.5) is 5.69 Å². The Morgan fingerprint density at radius 2 is 1.73 bits per heavy atom. The Kier molecular flexibility index (Phi) is 8.45. The molecule has 0 radical (unpaired) electrons. The fourth-order valence-corrected chi connectivity index (χ4v) is 1.90. The van der Waals surface area contributed by atoms with Gasteiger partial charge < -0.3 is 20.8 Å². The van der Waals surface area contributed by atoms with E-state index in [-0.39, 0.29) is 12.5 Å². The highest BCUT2D eigenvalue weighted by molar-refractivity contribution is 6.27. The molecule has 0 saturated heterocycles. The average molecular weight is 359 g/mol. The van der Waals surface area contributed by atoms with Crippen LogP contribution in [0.25, 0.3) is 0 Å². The predicted molar refractivity (Wildman–Crippen MR) is 95.8 cm³/mol. The number of nitrogens with zero attached hydrogens (tertiary/aromatic N) is 1. The van der Waals surface area contributed by atoms with Crippen LogP contribution in [0.15, 0.2) is 42.7 Å². The van der Waals surface area contributed by atoms with E-state index in [2.05, 4.69) is 15.6 Å². The minimum atomic E-state index is -1.82. The highest BCUT2D eigenvalue weighted by Crippen LogP contribution is 2.17. The second-order valence-corrected chi connectivity index (χ2v) is 5.37. The van der Waals surface area contributed by atoms with Gasteiger partial charge in [0.2, 0.25) is 5.91 Å². The lowest BCUT2D eigenvalue weighted by molar-refractivity contribution is -0.159. The molecule has 138 valence electrons. The molecule has 1 aromatic heterocycles. The zero-order valence-electron chi connectivity index (χ0n) is 14.5. The molecule has 0 aliphatic heterocycles. The second kappa shape index (κ2) is 10.6. The second-order valence-electron chi connectivity index (χ2n) is 5.37. The lowest BCUT2D eigenvalue weighted by Crippen LogP contribution is -2.28. The number of hydrogen-bond acceptors (Lipinski definition) is 5. The number of aliphatic carboxylic acids is 2. The lowest BCUT2D eigenvalue weighted by Gasteiger charge is -2.10. The molecular formula is C18H21N3O5. The third-order valence-corrected chi connectivity index (χ3v) is 3.40. The Labute approximate surface area is 150 Å². The Morgan fingerprint density at radius 3 is 2.31 bits per heavy atom. The molecule has 1 amide bonds. The van der Waals surface area contributed by atoms with E-state index in [0.717, 1.165) is 16.8 Å². The number of carbonyl (C=O) groups excluding carboxylic acids is 1. The van der Waals surface area contributed by atoms with Gasteiger partial charge in [0.25, 0.3) is 0 Å². The van der Waals surface area contributed by atoms with Gasteiger partial charge in [-0.05, 0) is 42.7 Å². The van der Waals surface area contributed by atoms with E-state index in [0.29, 0.717) is 6.54 Å². The Bertz CT molecular complexity index is 751. The highest BCUT2D eigenvalue weighted by atomic mass is 16.4.